The fourth-order valence-electron chi connectivity index (χ4n) is 2.51. The molecule has 144 valence electrons. The van der Waals surface area contributed by atoms with Gasteiger partial charge in [0.2, 0.25) is 11.7 Å². The van der Waals surface area contributed by atoms with Crippen molar-refractivity contribution in [3.63, 3.8) is 0 Å². The first kappa shape index (κ1) is 19.3. The molecule has 0 aliphatic rings. The molecular weight excluding hydrogens is 358 g/mol. The van der Waals surface area contributed by atoms with Crippen LogP contribution in [0.25, 0.3) is 11.4 Å². The second kappa shape index (κ2) is 9.45. The maximum atomic E-state index is 11.9. The zero-order chi connectivity index (χ0) is 19.8. The summed E-state index contributed by atoms with van der Waals surface area (Å²) < 4.78 is 10.1. The maximum Gasteiger partial charge on any atom is 0.306 e. The van der Waals surface area contributed by atoms with Gasteiger partial charge in [0.25, 0.3) is 5.91 Å². The Kier molecular flexibility index (Phi) is 6.51. The SMILES string of the molecule is CCc1ccc(NC(=O)COC(=O)CCc2nc(-c3ccccc3)no2)cc1. The van der Waals surface area contributed by atoms with Crippen LogP contribution in [0.15, 0.2) is 59.1 Å². The number of nitrogens with zero attached hydrogens (tertiary/aromatic N) is 2. The largest absolute Gasteiger partial charge is 0.456 e. The number of hydrogen-bond acceptors (Lipinski definition) is 6. The Morgan fingerprint density at radius 1 is 1.07 bits per heavy atom. The van der Waals surface area contributed by atoms with Crippen LogP contribution in [0.3, 0.4) is 0 Å². The van der Waals surface area contributed by atoms with E-state index in [9.17, 15) is 9.59 Å². The van der Waals surface area contributed by atoms with Crippen molar-refractivity contribution in [3.05, 3.63) is 66.1 Å². The van der Waals surface area contributed by atoms with Crippen LogP contribution in [0.1, 0.15) is 24.8 Å². The molecular formula is C21H21N3O4. The van der Waals surface area contributed by atoms with Crippen molar-refractivity contribution >= 4 is 17.6 Å². The van der Waals surface area contributed by atoms with Crippen LogP contribution < -0.4 is 5.32 Å². The highest BCUT2D eigenvalue weighted by atomic mass is 16.5. The maximum absolute atomic E-state index is 11.9. The number of amides is 1. The molecule has 1 heterocycles. The van der Waals surface area contributed by atoms with Crippen molar-refractivity contribution in [1.82, 2.24) is 10.1 Å². The average Bonchev–Trinajstić information content (AvgIpc) is 3.21. The average molecular weight is 379 g/mol. The van der Waals surface area contributed by atoms with E-state index in [1.807, 2.05) is 54.6 Å². The molecule has 0 unspecified atom stereocenters. The highest BCUT2D eigenvalue weighted by molar-refractivity contribution is 5.92. The predicted molar refractivity (Wildman–Crippen MR) is 103 cm³/mol. The first-order valence-corrected chi connectivity index (χ1v) is 9.06. The lowest BCUT2D eigenvalue weighted by atomic mass is 10.1. The Bertz CT molecular complexity index is 920. The van der Waals surface area contributed by atoms with E-state index in [1.165, 1.54) is 5.56 Å². The van der Waals surface area contributed by atoms with Gasteiger partial charge >= 0.3 is 5.97 Å². The van der Waals surface area contributed by atoms with E-state index < -0.39 is 5.97 Å². The van der Waals surface area contributed by atoms with Gasteiger partial charge in [-0.1, -0.05) is 54.5 Å². The Hall–Kier alpha value is -3.48. The van der Waals surface area contributed by atoms with Crippen LogP contribution in [0.5, 0.6) is 0 Å². The molecule has 0 saturated carbocycles. The topological polar surface area (TPSA) is 94.3 Å². The van der Waals surface area contributed by atoms with Crippen LogP contribution >= 0.6 is 0 Å². The van der Waals surface area contributed by atoms with E-state index in [1.54, 1.807) is 0 Å². The van der Waals surface area contributed by atoms with E-state index in [2.05, 4.69) is 22.4 Å². The molecule has 0 atom stereocenters. The quantitative estimate of drug-likeness (QED) is 0.603. The Balaban J connectivity index is 1.40. The molecule has 3 rings (SSSR count). The Labute approximate surface area is 162 Å². The Morgan fingerprint density at radius 2 is 1.82 bits per heavy atom. The molecule has 3 aromatic rings. The smallest absolute Gasteiger partial charge is 0.306 e. The third-order valence-electron chi connectivity index (χ3n) is 4.05. The number of hydrogen-bond donors (Lipinski definition) is 1. The molecule has 1 N–H and O–H groups in total. The predicted octanol–water partition coefficient (Wildman–Crippen LogP) is 3.41. The lowest BCUT2D eigenvalue weighted by Gasteiger charge is -2.07. The third-order valence-corrected chi connectivity index (χ3v) is 4.05. The monoisotopic (exact) mass is 379 g/mol. The van der Waals surface area contributed by atoms with Gasteiger partial charge in [-0.25, -0.2) is 0 Å². The molecule has 0 aliphatic carbocycles. The highest BCUT2D eigenvalue weighted by Gasteiger charge is 2.12. The lowest BCUT2D eigenvalue weighted by Crippen LogP contribution is -2.21. The number of esters is 1. The normalized spacial score (nSPS) is 10.5. The number of aryl methyl sites for hydroxylation is 2. The van der Waals surface area contributed by atoms with Gasteiger partial charge in [-0.15, -0.1) is 0 Å². The molecule has 28 heavy (non-hydrogen) atoms. The van der Waals surface area contributed by atoms with Crippen LogP contribution in [0.4, 0.5) is 5.69 Å². The summed E-state index contributed by atoms with van der Waals surface area (Å²) in [4.78, 5) is 28.0. The van der Waals surface area contributed by atoms with Gasteiger partial charge in [0.1, 0.15) is 0 Å². The Morgan fingerprint density at radius 3 is 2.54 bits per heavy atom. The van der Waals surface area contributed by atoms with Gasteiger partial charge in [0, 0.05) is 17.7 Å². The number of anilines is 1. The molecule has 2 aromatic carbocycles. The van der Waals surface area contributed by atoms with Crippen LogP contribution in [0, 0.1) is 0 Å². The molecule has 0 radical (unpaired) electrons. The van der Waals surface area contributed by atoms with Gasteiger partial charge in [-0.3, -0.25) is 9.59 Å². The molecule has 0 fully saturated rings. The van der Waals surface area contributed by atoms with Gasteiger partial charge in [0.05, 0.1) is 6.42 Å². The second-order valence-electron chi connectivity index (χ2n) is 6.14. The lowest BCUT2D eigenvalue weighted by molar-refractivity contribution is -0.147. The van der Waals surface area contributed by atoms with Gasteiger partial charge in [-0.2, -0.15) is 4.98 Å². The summed E-state index contributed by atoms with van der Waals surface area (Å²) in [7, 11) is 0. The van der Waals surface area contributed by atoms with Crippen molar-refractivity contribution in [1.29, 1.82) is 0 Å². The molecule has 0 bridgehead atoms. The summed E-state index contributed by atoms with van der Waals surface area (Å²) in [5.74, 6) is -0.0774. The van der Waals surface area contributed by atoms with Crippen molar-refractivity contribution in [2.24, 2.45) is 0 Å². The number of carbonyl (C=O) groups is 2. The van der Waals surface area contributed by atoms with Crippen molar-refractivity contribution < 1.29 is 18.8 Å². The van der Waals surface area contributed by atoms with Crippen LogP contribution in [0.2, 0.25) is 0 Å². The molecule has 7 nitrogen and oxygen atoms in total. The van der Waals surface area contributed by atoms with Crippen LogP contribution in [-0.2, 0) is 27.2 Å². The number of carbonyl (C=O) groups excluding carboxylic acids is 2. The summed E-state index contributed by atoms with van der Waals surface area (Å²) in [5, 5.41) is 6.58. The van der Waals surface area contributed by atoms with Crippen molar-refractivity contribution in [2.45, 2.75) is 26.2 Å². The number of benzene rings is 2. The fourth-order valence-corrected chi connectivity index (χ4v) is 2.51. The summed E-state index contributed by atoms with van der Waals surface area (Å²) in [5.41, 5.74) is 2.68. The van der Waals surface area contributed by atoms with E-state index in [-0.39, 0.29) is 25.4 Å². The van der Waals surface area contributed by atoms with E-state index in [0.29, 0.717) is 17.4 Å². The highest BCUT2D eigenvalue weighted by Crippen LogP contribution is 2.15. The number of rotatable bonds is 8. The fraction of sp³-hybridized carbons (Fsp3) is 0.238. The van der Waals surface area contributed by atoms with E-state index in [0.717, 1.165) is 12.0 Å². The molecule has 0 spiro atoms. The molecule has 1 aromatic heterocycles. The van der Waals surface area contributed by atoms with E-state index in [4.69, 9.17) is 9.26 Å². The van der Waals surface area contributed by atoms with Crippen molar-refractivity contribution in [3.8, 4) is 11.4 Å². The van der Waals surface area contributed by atoms with Crippen LogP contribution in [-0.4, -0.2) is 28.6 Å². The van der Waals surface area contributed by atoms with Crippen molar-refractivity contribution in [2.75, 3.05) is 11.9 Å². The van der Waals surface area contributed by atoms with Gasteiger partial charge in [-0.05, 0) is 24.1 Å². The first-order valence-electron chi connectivity index (χ1n) is 9.06. The zero-order valence-electron chi connectivity index (χ0n) is 15.6. The summed E-state index contributed by atoms with van der Waals surface area (Å²) in [6.45, 7) is 1.72. The molecule has 1 amide bonds. The number of ether oxygens (including phenoxy) is 1. The van der Waals surface area contributed by atoms with Gasteiger partial charge < -0.3 is 14.6 Å². The minimum Gasteiger partial charge on any atom is -0.456 e. The first-order chi connectivity index (χ1) is 13.6. The molecule has 0 saturated heterocycles. The second-order valence-corrected chi connectivity index (χ2v) is 6.14. The zero-order valence-corrected chi connectivity index (χ0v) is 15.6. The molecule has 0 aliphatic heterocycles. The van der Waals surface area contributed by atoms with Gasteiger partial charge in [0.15, 0.2) is 6.61 Å². The standard InChI is InChI=1S/C21H21N3O4/c1-2-15-8-10-17(11-9-15)22-18(25)14-27-20(26)13-12-19-23-21(24-28-19)16-6-4-3-5-7-16/h3-11H,2,12-14H2,1H3,(H,22,25). The minimum atomic E-state index is -0.504. The van der Waals surface area contributed by atoms with E-state index >= 15 is 0 Å². The summed E-state index contributed by atoms with van der Waals surface area (Å²) in [6.07, 6.45) is 1.23. The number of nitrogens with one attached hydrogen (secondary N) is 1. The number of aromatic nitrogens is 2. The molecule has 7 heteroatoms. The summed E-state index contributed by atoms with van der Waals surface area (Å²) >= 11 is 0. The summed E-state index contributed by atoms with van der Waals surface area (Å²) in [6, 6.07) is 16.9. The minimum absolute atomic E-state index is 0.0505. The third kappa shape index (κ3) is 5.51.